The molecule has 2 aromatic carbocycles. The molecule has 0 atom stereocenters. The Morgan fingerprint density at radius 2 is 2.00 bits per heavy atom. The van der Waals surface area contributed by atoms with Gasteiger partial charge in [0.1, 0.15) is 11.6 Å². The molecular weight excluding hydrogens is 241 g/mol. The average Bonchev–Trinajstić information content (AvgIpc) is 2.82. The lowest BCUT2D eigenvalue weighted by Crippen LogP contribution is -1.95. The molecule has 0 aliphatic rings. The van der Waals surface area contributed by atoms with E-state index >= 15 is 0 Å². The number of aromatic amines is 1. The van der Waals surface area contributed by atoms with Gasteiger partial charge in [-0.3, -0.25) is 0 Å². The maximum Gasteiger partial charge on any atom is 0.126 e. The van der Waals surface area contributed by atoms with Crippen molar-refractivity contribution in [1.29, 1.82) is 0 Å². The van der Waals surface area contributed by atoms with E-state index in [1.165, 1.54) is 6.07 Å². The molecule has 3 nitrogen and oxygen atoms in total. The third kappa shape index (κ3) is 2.35. The highest BCUT2D eigenvalue weighted by Gasteiger charge is 2.07. The quantitative estimate of drug-likeness (QED) is 0.756. The van der Waals surface area contributed by atoms with Gasteiger partial charge in [-0.15, -0.1) is 0 Å². The third-order valence-corrected chi connectivity index (χ3v) is 3.15. The molecule has 0 fully saturated rings. The van der Waals surface area contributed by atoms with Gasteiger partial charge in [-0.05, 0) is 29.3 Å². The lowest BCUT2D eigenvalue weighted by atomic mass is 10.1. The molecule has 0 aliphatic heterocycles. The summed E-state index contributed by atoms with van der Waals surface area (Å²) >= 11 is 0. The molecule has 0 bridgehead atoms. The highest BCUT2D eigenvalue weighted by atomic mass is 19.1. The van der Waals surface area contributed by atoms with Crippen LogP contribution in [0.5, 0.6) is 0 Å². The fraction of sp³-hybridized carbons (Fsp3) is 0.133. The van der Waals surface area contributed by atoms with Gasteiger partial charge in [-0.1, -0.05) is 24.3 Å². The summed E-state index contributed by atoms with van der Waals surface area (Å²) in [5.41, 5.74) is 9.11. The van der Waals surface area contributed by atoms with E-state index < -0.39 is 0 Å². The fourth-order valence-corrected chi connectivity index (χ4v) is 2.14. The second kappa shape index (κ2) is 4.82. The van der Waals surface area contributed by atoms with Gasteiger partial charge >= 0.3 is 0 Å². The van der Waals surface area contributed by atoms with Crippen molar-refractivity contribution in [2.75, 3.05) is 0 Å². The minimum absolute atomic E-state index is 0.203. The maximum absolute atomic E-state index is 13.6. The average molecular weight is 255 g/mol. The highest BCUT2D eigenvalue weighted by Crippen LogP contribution is 2.17. The molecule has 96 valence electrons. The first kappa shape index (κ1) is 11.9. The van der Waals surface area contributed by atoms with Gasteiger partial charge < -0.3 is 10.7 Å². The van der Waals surface area contributed by atoms with Gasteiger partial charge in [0.15, 0.2) is 0 Å². The second-order valence-electron chi connectivity index (χ2n) is 4.51. The molecule has 0 radical (unpaired) electrons. The van der Waals surface area contributed by atoms with Crippen LogP contribution in [0.4, 0.5) is 4.39 Å². The molecular formula is C15H14FN3. The van der Waals surface area contributed by atoms with Gasteiger partial charge in [0.2, 0.25) is 0 Å². The predicted molar refractivity (Wildman–Crippen MR) is 73.2 cm³/mol. The summed E-state index contributed by atoms with van der Waals surface area (Å²) in [7, 11) is 0. The molecule has 0 saturated heterocycles. The zero-order valence-corrected chi connectivity index (χ0v) is 10.4. The summed E-state index contributed by atoms with van der Waals surface area (Å²) in [6.07, 6.45) is 0.458. The van der Waals surface area contributed by atoms with Crippen molar-refractivity contribution in [3.63, 3.8) is 0 Å². The van der Waals surface area contributed by atoms with Crippen LogP contribution >= 0.6 is 0 Å². The number of benzene rings is 2. The Bertz CT molecular complexity index is 718. The molecule has 0 amide bonds. The predicted octanol–water partition coefficient (Wildman–Crippen LogP) is 2.75. The van der Waals surface area contributed by atoms with E-state index in [1.54, 1.807) is 12.1 Å². The minimum Gasteiger partial charge on any atom is -0.342 e. The number of hydrogen-bond donors (Lipinski definition) is 2. The van der Waals surface area contributed by atoms with Gasteiger partial charge in [-0.2, -0.15) is 0 Å². The number of halogens is 1. The Morgan fingerprint density at radius 1 is 1.16 bits per heavy atom. The first-order valence-electron chi connectivity index (χ1n) is 6.17. The molecule has 3 rings (SSSR count). The Morgan fingerprint density at radius 3 is 2.79 bits per heavy atom. The number of imidazole rings is 1. The first-order valence-corrected chi connectivity index (χ1v) is 6.17. The van der Waals surface area contributed by atoms with Gasteiger partial charge in [0.25, 0.3) is 0 Å². The third-order valence-electron chi connectivity index (χ3n) is 3.15. The first-order chi connectivity index (χ1) is 9.26. The van der Waals surface area contributed by atoms with Crippen LogP contribution in [0.2, 0.25) is 0 Å². The Kier molecular flexibility index (Phi) is 3.01. The number of rotatable bonds is 3. The largest absolute Gasteiger partial charge is 0.342 e. The van der Waals surface area contributed by atoms with E-state index in [1.807, 2.05) is 24.3 Å². The topological polar surface area (TPSA) is 54.7 Å². The van der Waals surface area contributed by atoms with Crippen molar-refractivity contribution in [2.24, 2.45) is 5.73 Å². The zero-order valence-electron chi connectivity index (χ0n) is 10.4. The molecule has 0 aliphatic carbocycles. The minimum atomic E-state index is -0.203. The Balaban J connectivity index is 1.95. The number of nitrogens with zero attached hydrogens (tertiary/aromatic N) is 1. The molecule has 4 heteroatoms. The molecule has 3 N–H and O–H groups in total. The van der Waals surface area contributed by atoms with Crippen LogP contribution < -0.4 is 5.73 Å². The number of nitrogens with two attached hydrogens (primary N) is 1. The Hall–Kier alpha value is -2.20. The summed E-state index contributed by atoms with van der Waals surface area (Å²) in [5.74, 6) is 0.555. The van der Waals surface area contributed by atoms with Crippen molar-refractivity contribution < 1.29 is 4.39 Å². The van der Waals surface area contributed by atoms with E-state index in [0.717, 1.165) is 22.4 Å². The van der Waals surface area contributed by atoms with E-state index in [-0.39, 0.29) is 5.82 Å². The normalized spacial score (nSPS) is 11.1. The fourth-order valence-electron chi connectivity index (χ4n) is 2.14. The summed E-state index contributed by atoms with van der Waals surface area (Å²) < 4.78 is 13.6. The Labute approximate surface area is 110 Å². The van der Waals surface area contributed by atoms with Crippen molar-refractivity contribution in [2.45, 2.75) is 13.0 Å². The highest BCUT2D eigenvalue weighted by molar-refractivity contribution is 5.75. The van der Waals surface area contributed by atoms with Crippen molar-refractivity contribution >= 4 is 11.0 Å². The van der Waals surface area contributed by atoms with Gasteiger partial charge in [0.05, 0.1) is 11.0 Å². The van der Waals surface area contributed by atoms with E-state index in [2.05, 4.69) is 9.97 Å². The molecule has 0 saturated carbocycles. The van der Waals surface area contributed by atoms with E-state index in [4.69, 9.17) is 5.73 Å². The molecule has 3 aromatic rings. The number of H-pyrrole nitrogens is 1. The number of nitrogens with one attached hydrogen (secondary N) is 1. The maximum atomic E-state index is 13.6. The molecule has 0 spiro atoms. The number of fused-ring (bicyclic) bond motifs is 1. The summed E-state index contributed by atoms with van der Waals surface area (Å²) in [6, 6.07) is 12.6. The molecule has 19 heavy (non-hydrogen) atoms. The standard InChI is InChI=1S/C15H14FN3/c16-12-4-2-1-3-11(12)8-15-18-13-6-5-10(9-17)7-14(13)19-15/h1-7H,8-9,17H2,(H,18,19). The molecule has 1 heterocycles. The van der Waals surface area contributed by atoms with Crippen LogP contribution in [0.3, 0.4) is 0 Å². The summed E-state index contributed by atoms with van der Waals surface area (Å²) in [5, 5.41) is 0. The van der Waals surface area contributed by atoms with Crippen LogP contribution in [0.25, 0.3) is 11.0 Å². The molecule has 1 aromatic heterocycles. The lowest BCUT2D eigenvalue weighted by Gasteiger charge is -1.99. The number of hydrogen-bond acceptors (Lipinski definition) is 2. The van der Waals surface area contributed by atoms with Crippen LogP contribution in [0, 0.1) is 5.82 Å². The van der Waals surface area contributed by atoms with E-state index in [0.29, 0.717) is 18.5 Å². The number of aromatic nitrogens is 2. The molecule has 0 unspecified atom stereocenters. The summed E-state index contributed by atoms with van der Waals surface area (Å²) in [4.78, 5) is 7.67. The second-order valence-corrected chi connectivity index (χ2v) is 4.51. The van der Waals surface area contributed by atoms with Crippen molar-refractivity contribution in [3.05, 3.63) is 65.2 Å². The monoisotopic (exact) mass is 255 g/mol. The van der Waals surface area contributed by atoms with Crippen LogP contribution in [0.1, 0.15) is 17.0 Å². The lowest BCUT2D eigenvalue weighted by molar-refractivity contribution is 0.612. The van der Waals surface area contributed by atoms with Crippen LogP contribution in [0.15, 0.2) is 42.5 Å². The van der Waals surface area contributed by atoms with Crippen LogP contribution in [-0.2, 0) is 13.0 Å². The zero-order chi connectivity index (χ0) is 13.2. The van der Waals surface area contributed by atoms with Crippen LogP contribution in [-0.4, -0.2) is 9.97 Å². The van der Waals surface area contributed by atoms with Gasteiger partial charge in [-0.25, -0.2) is 9.37 Å². The van der Waals surface area contributed by atoms with E-state index in [9.17, 15) is 4.39 Å². The summed E-state index contributed by atoms with van der Waals surface area (Å²) in [6.45, 7) is 0.498. The smallest absolute Gasteiger partial charge is 0.126 e. The SMILES string of the molecule is NCc1ccc2nc(Cc3ccccc3F)[nH]c2c1. The van der Waals surface area contributed by atoms with Crippen molar-refractivity contribution in [1.82, 2.24) is 9.97 Å². The van der Waals surface area contributed by atoms with Crippen molar-refractivity contribution in [3.8, 4) is 0 Å². The van der Waals surface area contributed by atoms with Gasteiger partial charge in [0, 0.05) is 13.0 Å².